The van der Waals surface area contributed by atoms with Crippen molar-refractivity contribution in [3.05, 3.63) is 120 Å². The quantitative estimate of drug-likeness (QED) is 0.0918. The third kappa shape index (κ3) is 7.86. The van der Waals surface area contributed by atoms with Crippen LogP contribution in [-0.2, 0) is 6.61 Å². The number of nitro groups is 2. The summed E-state index contributed by atoms with van der Waals surface area (Å²) in [6.45, 7) is 2.30. The Bertz CT molecular complexity index is 1710. The standard InChI is InChI=1S/C30H25BrN4O9/c1-3-42-28-14-20(13-23(31)29(28)44-25-12-10-22(34(37)38)16-24(25)35(39)40)17-32-33-30(36)21-9-11-26(27(15-21)41-2)43-18-19-7-5-4-6-8-19/h4-17H,3,18H2,1-2H3,(H,33,36)/b32-17+. The highest BCUT2D eigenvalue weighted by atomic mass is 79.9. The Hall–Kier alpha value is -5.50. The molecule has 0 radical (unpaired) electrons. The first-order chi connectivity index (χ1) is 21.2. The minimum absolute atomic E-state index is 0.103. The van der Waals surface area contributed by atoms with Crippen LogP contribution in [0.1, 0.15) is 28.4 Å². The third-order valence-corrected chi connectivity index (χ3v) is 6.53. The van der Waals surface area contributed by atoms with Crippen molar-refractivity contribution in [1.82, 2.24) is 5.43 Å². The molecule has 44 heavy (non-hydrogen) atoms. The molecule has 0 heterocycles. The van der Waals surface area contributed by atoms with Crippen molar-refractivity contribution in [3.63, 3.8) is 0 Å². The number of nitrogens with one attached hydrogen (secondary N) is 1. The summed E-state index contributed by atoms with van der Waals surface area (Å²) >= 11 is 3.37. The summed E-state index contributed by atoms with van der Waals surface area (Å²) < 4.78 is 23.0. The van der Waals surface area contributed by atoms with Crippen molar-refractivity contribution >= 4 is 39.4 Å². The summed E-state index contributed by atoms with van der Waals surface area (Å²) in [6, 6.07) is 20.6. The zero-order valence-corrected chi connectivity index (χ0v) is 25.0. The van der Waals surface area contributed by atoms with Crippen LogP contribution in [0.2, 0.25) is 0 Å². The molecule has 4 aromatic rings. The van der Waals surface area contributed by atoms with Gasteiger partial charge in [-0.25, -0.2) is 5.43 Å². The average Bonchev–Trinajstić information content (AvgIpc) is 3.02. The van der Waals surface area contributed by atoms with Crippen LogP contribution in [0.25, 0.3) is 0 Å². The molecule has 13 nitrogen and oxygen atoms in total. The van der Waals surface area contributed by atoms with Gasteiger partial charge in [0.05, 0.1) is 40.3 Å². The molecule has 0 fully saturated rings. The van der Waals surface area contributed by atoms with Gasteiger partial charge in [0.25, 0.3) is 11.6 Å². The molecule has 0 bridgehead atoms. The van der Waals surface area contributed by atoms with E-state index in [1.807, 2.05) is 30.3 Å². The molecule has 0 aliphatic carbocycles. The lowest BCUT2D eigenvalue weighted by Crippen LogP contribution is -2.17. The van der Waals surface area contributed by atoms with Gasteiger partial charge >= 0.3 is 5.69 Å². The zero-order chi connectivity index (χ0) is 31.6. The molecule has 226 valence electrons. The molecule has 0 aliphatic rings. The van der Waals surface area contributed by atoms with Gasteiger partial charge in [-0.15, -0.1) is 0 Å². The number of ether oxygens (including phenoxy) is 4. The lowest BCUT2D eigenvalue weighted by Gasteiger charge is -2.14. The van der Waals surface area contributed by atoms with Gasteiger partial charge in [0, 0.05) is 11.6 Å². The molecule has 0 unspecified atom stereocenters. The number of hydrogen-bond donors (Lipinski definition) is 1. The fourth-order valence-corrected chi connectivity index (χ4v) is 4.42. The number of nitro benzene ring substituents is 2. The molecule has 1 amide bonds. The zero-order valence-electron chi connectivity index (χ0n) is 23.4. The fourth-order valence-electron chi connectivity index (χ4n) is 3.88. The van der Waals surface area contributed by atoms with Crippen LogP contribution in [0.15, 0.2) is 88.4 Å². The van der Waals surface area contributed by atoms with Gasteiger partial charge in [-0.1, -0.05) is 30.3 Å². The number of halogens is 1. The van der Waals surface area contributed by atoms with E-state index in [2.05, 4.69) is 26.5 Å². The highest BCUT2D eigenvalue weighted by Gasteiger charge is 2.23. The second-order valence-electron chi connectivity index (χ2n) is 8.87. The first kappa shape index (κ1) is 31.4. The van der Waals surface area contributed by atoms with E-state index in [0.717, 1.165) is 23.8 Å². The molecule has 0 aliphatic heterocycles. The predicted molar refractivity (Wildman–Crippen MR) is 164 cm³/mol. The van der Waals surface area contributed by atoms with Crippen LogP contribution in [-0.4, -0.2) is 35.7 Å². The Morgan fingerprint density at radius 2 is 1.66 bits per heavy atom. The minimum atomic E-state index is -0.777. The molecule has 14 heteroatoms. The molecule has 0 aromatic heterocycles. The minimum Gasteiger partial charge on any atom is -0.493 e. The number of hydrogen-bond acceptors (Lipinski definition) is 10. The highest BCUT2D eigenvalue weighted by Crippen LogP contribution is 2.43. The second kappa shape index (κ2) is 14.6. The fraction of sp³-hybridized carbons (Fsp3) is 0.133. The lowest BCUT2D eigenvalue weighted by atomic mass is 10.2. The van der Waals surface area contributed by atoms with Crippen molar-refractivity contribution in [2.75, 3.05) is 13.7 Å². The Morgan fingerprint density at radius 3 is 2.34 bits per heavy atom. The van der Waals surface area contributed by atoms with E-state index < -0.39 is 27.1 Å². The number of methoxy groups -OCH3 is 1. The number of nitrogens with zero attached hydrogens (tertiary/aromatic N) is 3. The van der Waals surface area contributed by atoms with Crippen LogP contribution in [0.4, 0.5) is 11.4 Å². The summed E-state index contributed by atoms with van der Waals surface area (Å²) in [7, 11) is 1.48. The summed E-state index contributed by atoms with van der Waals surface area (Å²) in [4.78, 5) is 33.9. The number of hydrazone groups is 1. The monoisotopic (exact) mass is 664 g/mol. The van der Waals surface area contributed by atoms with E-state index in [4.69, 9.17) is 18.9 Å². The van der Waals surface area contributed by atoms with Crippen LogP contribution in [0.5, 0.6) is 28.7 Å². The van der Waals surface area contributed by atoms with Crippen molar-refractivity contribution < 1.29 is 33.6 Å². The number of carbonyl (C=O) groups is 1. The molecule has 0 saturated heterocycles. The van der Waals surface area contributed by atoms with Gasteiger partial charge in [-0.05, 0) is 70.4 Å². The Kier molecular flexibility index (Phi) is 10.4. The van der Waals surface area contributed by atoms with E-state index in [-0.39, 0.29) is 29.4 Å². The van der Waals surface area contributed by atoms with Crippen molar-refractivity contribution in [1.29, 1.82) is 0 Å². The number of carbonyl (C=O) groups excluding carboxylic acids is 1. The van der Waals surface area contributed by atoms with E-state index in [0.29, 0.717) is 28.1 Å². The molecular weight excluding hydrogens is 640 g/mol. The van der Waals surface area contributed by atoms with Gasteiger partial charge in [0.1, 0.15) is 6.61 Å². The summed E-state index contributed by atoms with van der Waals surface area (Å²) in [6.07, 6.45) is 1.37. The lowest BCUT2D eigenvalue weighted by molar-refractivity contribution is -0.394. The van der Waals surface area contributed by atoms with E-state index in [1.54, 1.807) is 37.3 Å². The summed E-state index contributed by atoms with van der Waals surface area (Å²) in [5, 5.41) is 26.6. The summed E-state index contributed by atoms with van der Waals surface area (Å²) in [5.74, 6) is 0.453. The maximum atomic E-state index is 12.8. The van der Waals surface area contributed by atoms with E-state index >= 15 is 0 Å². The van der Waals surface area contributed by atoms with Crippen molar-refractivity contribution in [3.8, 4) is 28.7 Å². The van der Waals surface area contributed by atoms with Crippen LogP contribution in [0, 0.1) is 20.2 Å². The highest BCUT2D eigenvalue weighted by molar-refractivity contribution is 9.10. The molecule has 1 N–H and O–H groups in total. The molecule has 0 saturated carbocycles. The number of benzene rings is 4. The molecular formula is C30H25BrN4O9. The number of rotatable bonds is 13. The first-order valence-electron chi connectivity index (χ1n) is 12.9. The SMILES string of the molecule is CCOc1cc(/C=N/NC(=O)c2ccc(OCc3ccccc3)c(OC)c2)cc(Br)c1Oc1ccc([N+](=O)[O-])cc1[N+](=O)[O-]. The third-order valence-electron chi connectivity index (χ3n) is 5.94. The second-order valence-corrected chi connectivity index (χ2v) is 9.72. The van der Waals surface area contributed by atoms with E-state index in [9.17, 15) is 25.0 Å². The maximum absolute atomic E-state index is 12.8. The van der Waals surface area contributed by atoms with Gasteiger partial charge in [0.2, 0.25) is 5.75 Å². The smallest absolute Gasteiger partial charge is 0.318 e. The van der Waals surface area contributed by atoms with Crippen LogP contribution >= 0.6 is 15.9 Å². The predicted octanol–water partition coefficient (Wildman–Crippen LogP) is 6.81. The first-order valence-corrected chi connectivity index (χ1v) is 13.7. The van der Waals surface area contributed by atoms with Gasteiger partial charge in [-0.3, -0.25) is 25.0 Å². The Balaban J connectivity index is 1.48. The average molecular weight is 665 g/mol. The number of amides is 1. The Morgan fingerprint density at radius 1 is 0.909 bits per heavy atom. The molecule has 4 aromatic carbocycles. The molecule has 0 spiro atoms. The molecule has 0 atom stereocenters. The maximum Gasteiger partial charge on any atom is 0.318 e. The van der Waals surface area contributed by atoms with Crippen molar-refractivity contribution in [2.24, 2.45) is 5.10 Å². The molecule has 4 rings (SSSR count). The summed E-state index contributed by atoms with van der Waals surface area (Å²) in [5.41, 5.74) is 3.18. The van der Waals surface area contributed by atoms with E-state index in [1.165, 1.54) is 13.3 Å². The van der Waals surface area contributed by atoms with Gasteiger partial charge in [0.15, 0.2) is 23.0 Å². The van der Waals surface area contributed by atoms with Crippen molar-refractivity contribution in [2.45, 2.75) is 13.5 Å². The van der Waals surface area contributed by atoms with Gasteiger partial charge < -0.3 is 18.9 Å². The Labute approximate surface area is 259 Å². The van der Waals surface area contributed by atoms with Gasteiger partial charge in [-0.2, -0.15) is 5.10 Å². The normalized spacial score (nSPS) is 10.7. The van der Waals surface area contributed by atoms with Crippen LogP contribution < -0.4 is 24.4 Å². The van der Waals surface area contributed by atoms with Crippen LogP contribution in [0.3, 0.4) is 0 Å². The number of non-ortho nitro benzene ring substituents is 1. The topological polar surface area (TPSA) is 165 Å². The largest absolute Gasteiger partial charge is 0.493 e.